The van der Waals surface area contributed by atoms with Crippen LogP contribution in [-0.2, 0) is 16.0 Å². The molecule has 2 atom stereocenters. The van der Waals surface area contributed by atoms with Crippen LogP contribution in [0.2, 0.25) is 0 Å². The summed E-state index contributed by atoms with van der Waals surface area (Å²) in [4.78, 5) is 24.6. The summed E-state index contributed by atoms with van der Waals surface area (Å²) in [6.45, 7) is 0. The number of hydrogen-bond acceptors (Lipinski definition) is 3. The topological polar surface area (TPSA) is 67.4 Å². The lowest BCUT2D eigenvalue weighted by molar-refractivity contribution is -0.131. The van der Waals surface area contributed by atoms with Gasteiger partial charge in [-0.25, -0.2) is 0 Å². The Labute approximate surface area is 146 Å². The molecule has 25 heavy (non-hydrogen) atoms. The molecule has 0 bridgehead atoms. The van der Waals surface area contributed by atoms with E-state index in [2.05, 4.69) is 22.8 Å². The Morgan fingerprint density at radius 1 is 1.16 bits per heavy atom. The predicted octanol–water partition coefficient (Wildman–Crippen LogP) is 2.97. The van der Waals surface area contributed by atoms with Crippen molar-refractivity contribution in [2.24, 2.45) is 0 Å². The van der Waals surface area contributed by atoms with Gasteiger partial charge >= 0.3 is 0 Å². The highest BCUT2D eigenvalue weighted by Gasteiger charge is 2.30. The van der Waals surface area contributed by atoms with E-state index in [0.717, 1.165) is 19.3 Å². The van der Waals surface area contributed by atoms with E-state index in [9.17, 15) is 9.59 Å². The molecule has 1 aliphatic carbocycles. The summed E-state index contributed by atoms with van der Waals surface area (Å²) in [5, 5.41) is 5.86. The van der Waals surface area contributed by atoms with Gasteiger partial charge in [0.25, 0.3) is 5.91 Å². The van der Waals surface area contributed by atoms with E-state index < -0.39 is 6.10 Å². The molecule has 0 radical (unpaired) electrons. The van der Waals surface area contributed by atoms with Crippen molar-refractivity contribution in [3.05, 3.63) is 59.7 Å². The molecular weight excluding hydrogens is 316 g/mol. The van der Waals surface area contributed by atoms with Gasteiger partial charge in [0.1, 0.15) is 5.75 Å². The van der Waals surface area contributed by atoms with Crippen molar-refractivity contribution in [3.8, 4) is 5.75 Å². The first-order valence-corrected chi connectivity index (χ1v) is 8.64. The van der Waals surface area contributed by atoms with Gasteiger partial charge < -0.3 is 15.4 Å². The number of aryl methyl sites for hydroxylation is 1. The molecule has 1 heterocycles. The summed E-state index contributed by atoms with van der Waals surface area (Å²) < 4.78 is 5.70. The zero-order valence-corrected chi connectivity index (χ0v) is 13.8. The minimum Gasteiger partial charge on any atom is -0.478 e. The van der Waals surface area contributed by atoms with Gasteiger partial charge in [0.2, 0.25) is 5.91 Å². The summed E-state index contributed by atoms with van der Waals surface area (Å²) in [6, 6.07) is 15.5. The minimum absolute atomic E-state index is 0.0105. The van der Waals surface area contributed by atoms with Crippen LogP contribution < -0.4 is 15.4 Å². The Kier molecular flexibility index (Phi) is 4.14. The number of carbonyl (C=O) groups is 2. The maximum Gasteiger partial charge on any atom is 0.266 e. The molecular formula is C20H20N2O3. The summed E-state index contributed by atoms with van der Waals surface area (Å²) in [7, 11) is 0. The van der Waals surface area contributed by atoms with Crippen molar-refractivity contribution in [2.45, 2.75) is 37.8 Å². The number of ether oxygens (including phenoxy) is 1. The number of amides is 2. The number of anilines is 1. The fraction of sp³-hybridized carbons (Fsp3) is 0.300. The van der Waals surface area contributed by atoms with Gasteiger partial charge in [0.05, 0.1) is 18.2 Å². The third-order valence-electron chi connectivity index (χ3n) is 4.78. The zero-order valence-electron chi connectivity index (χ0n) is 13.8. The normalized spacial score (nSPS) is 21.4. The Bertz CT molecular complexity index is 818. The second kappa shape index (κ2) is 6.59. The van der Waals surface area contributed by atoms with E-state index >= 15 is 0 Å². The Balaban J connectivity index is 1.43. The van der Waals surface area contributed by atoms with E-state index in [-0.39, 0.29) is 24.3 Å². The molecule has 2 aromatic rings. The highest BCUT2D eigenvalue weighted by molar-refractivity contribution is 5.99. The van der Waals surface area contributed by atoms with Gasteiger partial charge in [-0.2, -0.15) is 0 Å². The Morgan fingerprint density at radius 2 is 1.96 bits per heavy atom. The molecule has 0 unspecified atom stereocenters. The molecule has 0 fully saturated rings. The Hall–Kier alpha value is -2.82. The second-order valence-corrected chi connectivity index (χ2v) is 6.51. The third-order valence-corrected chi connectivity index (χ3v) is 4.78. The van der Waals surface area contributed by atoms with Gasteiger partial charge in [-0.05, 0) is 42.5 Å². The first-order chi connectivity index (χ1) is 12.2. The monoisotopic (exact) mass is 336 g/mol. The molecule has 5 heteroatoms. The first-order valence-electron chi connectivity index (χ1n) is 8.64. The molecule has 0 aromatic heterocycles. The lowest BCUT2D eigenvalue weighted by Gasteiger charge is -2.28. The van der Waals surface area contributed by atoms with Crippen LogP contribution in [-0.4, -0.2) is 17.9 Å². The molecule has 4 rings (SSSR count). The van der Waals surface area contributed by atoms with E-state index in [1.165, 1.54) is 11.1 Å². The molecule has 2 N–H and O–H groups in total. The van der Waals surface area contributed by atoms with Gasteiger partial charge in [0, 0.05) is 0 Å². The fourth-order valence-corrected chi connectivity index (χ4v) is 3.55. The largest absolute Gasteiger partial charge is 0.478 e. The Morgan fingerprint density at radius 3 is 2.88 bits per heavy atom. The zero-order chi connectivity index (χ0) is 17.2. The summed E-state index contributed by atoms with van der Waals surface area (Å²) >= 11 is 0. The van der Waals surface area contributed by atoms with Gasteiger partial charge in [-0.1, -0.05) is 36.4 Å². The third kappa shape index (κ3) is 3.22. The van der Waals surface area contributed by atoms with E-state index in [1.807, 2.05) is 24.3 Å². The first kappa shape index (κ1) is 15.7. The summed E-state index contributed by atoms with van der Waals surface area (Å²) in [5.41, 5.74) is 3.12. The fourth-order valence-electron chi connectivity index (χ4n) is 3.55. The standard InChI is InChI=1S/C20H20N2O3/c23-19(21-15-10-5-7-13-6-1-2-8-14(13)15)12-18-20(24)22-16-9-3-4-11-17(16)25-18/h1-4,6,8-9,11,15,18H,5,7,10,12H2,(H,21,23)(H,22,24)/t15-,18-/m1/s1. The molecule has 0 spiro atoms. The summed E-state index contributed by atoms with van der Waals surface area (Å²) in [5.74, 6) is 0.155. The van der Waals surface area contributed by atoms with Crippen molar-refractivity contribution in [1.82, 2.24) is 5.32 Å². The van der Waals surface area contributed by atoms with Crippen molar-refractivity contribution >= 4 is 17.5 Å². The van der Waals surface area contributed by atoms with Gasteiger partial charge in [-0.3, -0.25) is 9.59 Å². The molecule has 1 aliphatic heterocycles. The van der Waals surface area contributed by atoms with E-state index in [1.54, 1.807) is 12.1 Å². The number of nitrogens with one attached hydrogen (secondary N) is 2. The molecule has 128 valence electrons. The number of rotatable bonds is 3. The highest BCUT2D eigenvalue weighted by Crippen LogP contribution is 2.31. The van der Waals surface area contributed by atoms with Crippen molar-refractivity contribution < 1.29 is 14.3 Å². The predicted molar refractivity (Wildman–Crippen MR) is 94.4 cm³/mol. The average molecular weight is 336 g/mol. The van der Waals surface area contributed by atoms with E-state index in [0.29, 0.717) is 11.4 Å². The highest BCUT2D eigenvalue weighted by atomic mass is 16.5. The molecule has 2 aliphatic rings. The van der Waals surface area contributed by atoms with Crippen LogP contribution in [0.1, 0.15) is 36.4 Å². The smallest absolute Gasteiger partial charge is 0.266 e. The molecule has 0 saturated heterocycles. The lowest BCUT2D eigenvalue weighted by atomic mass is 9.87. The molecule has 5 nitrogen and oxygen atoms in total. The number of fused-ring (bicyclic) bond motifs is 2. The van der Waals surface area contributed by atoms with Gasteiger partial charge in [0.15, 0.2) is 6.10 Å². The van der Waals surface area contributed by atoms with Crippen molar-refractivity contribution in [3.63, 3.8) is 0 Å². The van der Waals surface area contributed by atoms with Gasteiger partial charge in [-0.15, -0.1) is 0 Å². The molecule has 2 aromatic carbocycles. The van der Waals surface area contributed by atoms with E-state index in [4.69, 9.17) is 4.74 Å². The SMILES string of the molecule is O=C(C[C@H]1Oc2ccccc2NC1=O)N[C@@H]1CCCc2ccccc21. The van der Waals surface area contributed by atoms with Crippen LogP contribution in [0.15, 0.2) is 48.5 Å². The quantitative estimate of drug-likeness (QED) is 0.905. The lowest BCUT2D eigenvalue weighted by Crippen LogP contribution is -2.42. The van der Waals surface area contributed by atoms with Crippen molar-refractivity contribution in [2.75, 3.05) is 5.32 Å². The molecule has 0 saturated carbocycles. The maximum absolute atomic E-state index is 12.5. The van der Waals surface area contributed by atoms with Crippen molar-refractivity contribution in [1.29, 1.82) is 0 Å². The van der Waals surface area contributed by atoms with Crippen LogP contribution in [0.4, 0.5) is 5.69 Å². The maximum atomic E-state index is 12.5. The van der Waals surface area contributed by atoms with Crippen LogP contribution in [0.3, 0.4) is 0 Å². The number of carbonyl (C=O) groups excluding carboxylic acids is 2. The second-order valence-electron chi connectivity index (χ2n) is 6.51. The summed E-state index contributed by atoms with van der Waals surface area (Å²) in [6.07, 6.45) is 2.24. The van der Waals surface area contributed by atoms with Crippen LogP contribution in [0.5, 0.6) is 5.75 Å². The number of para-hydroxylation sites is 2. The minimum atomic E-state index is -0.797. The number of benzene rings is 2. The molecule has 2 amide bonds. The average Bonchev–Trinajstić information content (AvgIpc) is 2.63. The van der Waals surface area contributed by atoms with Crippen LogP contribution in [0, 0.1) is 0 Å². The van der Waals surface area contributed by atoms with Crippen LogP contribution >= 0.6 is 0 Å². The number of hydrogen-bond donors (Lipinski definition) is 2. The van der Waals surface area contributed by atoms with Crippen LogP contribution in [0.25, 0.3) is 0 Å².